The van der Waals surface area contributed by atoms with Gasteiger partial charge in [0.1, 0.15) is 16.7 Å². The van der Waals surface area contributed by atoms with Crippen molar-refractivity contribution in [3.8, 4) is 17.0 Å². The summed E-state index contributed by atoms with van der Waals surface area (Å²) < 4.78 is 21.6. The maximum absolute atomic E-state index is 14.4. The second-order valence-corrected chi connectivity index (χ2v) is 5.26. The molecule has 0 aliphatic carbocycles. The molecule has 0 spiro atoms. The van der Waals surface area contributed by atoms with E-state index in [9.17, 15) is 4.39 Å². The molecule has 0 aliphatic rings. The van der Waals surface area contributed by atoms with E-state index in [0.29, 0.717) is 16.5 Å². The van der Waals surface area contributed by atoms with Crippen LogP contribution in [0.4, 0.5) is 4.39 Å². The van der Waals surface area contributed by atoms with Crippen molar-refractivity contribution < 1.29 is 9.13 Å². The molecule has 0 unspecified atom stereocenters. The SMILES string of the molecule is COc1cccc(F)c1-c1c(C)c2cnc(Cl)cc2n1C. The predicted molar refractivity (Wildman–Crippen MR) is 82.4 cm³/mol. The van der Waals surface area contributed by atoms with Crippen LogP contribution in [0.2, 0.25) is 5.15 Å². The highest BCUT2D eigenvalue weighted by atomic mass is 35.5. The van der Waals surface area contributed by atoms with Crippen LogP contribution in [0.3, 0.4) is 0 Å². The lowest BCUT2D eigenvalue weighted by atomic mass is 10.1. The molecule has 5 heteroatoms. The summed E-state index contributed by atoms with van der Waals surface area (Å²) in [5.74, 6) is 0.186. The van der Waals surface area contributed by atoms with Gasteiger partial charge in [0.15, 0.2) is 0 Å². The molecule has 0 saturated heterocycles. The van der Waals surface area contributed by atoms with E-state index in [0.717, 1.165) is 22.2 Å². The van der Waals surface area contributed by atoms with Gasteiger partial charge in [0.25, 0.3) is 0 Å². The number of ether oxygens (including phenoxy) is 1. The van der Waals surface area contributed by atoms with Crippen molar-refractivity contribution in [2.45, 2.75) is 6.92 Å². The average Bonchev–Trinajstić information content (AvgIpc) is 2.70. The maximum atomic E-state index is 14.4. The summed E-state index contributed by atoms with van der Waals surface area (Å²) in [6.07, 6.45) is 1.71. The van der Waals surface area contributed by atoms with Gasteiger partial charge in [-0.05, 0) is 30.7 Å². The molecule has 0 fully saturated rings. The van der Waals surface area contributed by atoms with E-state index in [1.807, 2.05) is 18.5 Å². The van der Waals surface area contributed by atoms with Crippen molar-refractivity contribution in [2.75, 3.05) is 7.11 Å². The molecule has 2 heterocycles. The Morgan fingerprint density at radius 3 is 2.81 bits per heavy atom. The van der Waals surface area contributed by atoms with Crippen molar-refractivity contribution in [1.82, 2.24) is 9.55 Å². The first-order chi connectivity index (χ1) is 10.0. The maximum Gasteiger partial charge on any atom is 0.136 e. The van der Waals surface area contributed by atoms with Gasteiger partial charge in [0.05, 0.1) is 23.9 Å². The van der Waals surface area contributed by atoms with Crippen LogP contribution in [-0.2, 0) is 7.05 Å². The number of halogens is 2. The molecule has 0 aliphatic heterocycles. The minimum absolute atomic E-state index is 0.317. The van der Waals surface area contributed by atoms with E-state index in [1.165, 1.54) is 13.2 Å². The highest BCUT2D eigenvalue weighted by molar-refractivity contribution is 6.30. The molecular formula is C16H14ClFN2O. The van der Waals surface area contributed by atoms with Crippen LogP contribution in [0.25, 0.3) is 22.2 Å². The number of aromatic nitrogens is 2. The van der Waals surface area contributed by atoms with Gasteiger partial charge < -0.3 is 9.30 Å². The Bertz CT molecular complexity index is 842. The van der Waals surface area contributed by atoms with Crippen molar-refractivity contribution in [1.29, 1.82) is 0 Å². The number of hydrogen-bond donors (Lipinski definition) is 0. The van der Waals surface area contributed by atoms with Crippen LogP contribution in [0.1, 0.15) is 5.56 Å². The highest BCUT2D eigenvalue weighted by Gasteiger charge is 2.20. The van der Waals surface area contributed by atoms with Gasteiger partial charge in [0.2, 0.25) is 0 Å². The van der Waals surface area contributed by atoms with Gasteiger partial charge >= 0.3 is 0 Å². The number of aryl methyl sites for hydroxylation is 2. The van der Waals surface area contributed by atoms with E-state index < -0.39 is 0 Å². The minimum Gasteiger partial charge on any atom is -0.496 e. The summed E-state index contributed by atoms with van der Waals surface area (Å²) in [4.78, 5) is 4.11. The Kier molecular flexibility index (Phi) is 3.33. The largest absolute Gasteiger partial charge is 0.496 e. The summed E-state index contributed by atoms with van der Waals surface area (Å²) in [6, 6.07) is 6.59. The van der Waals surface area contributed by atoms with Gasteiger partial charge in [-0.3, -0.25) is 0 Å². The molecule has 3 nitrogen and oxygen atoms in total. The zero-order valence-corrected chi connectivity index (χ0v) is 12.7. The van der Waals surface area contributed by atoms with E-state index in [4.69, 9.17) is 16.3 Å². The van der Waals surface area contributed by atoms with Crippen LogP contribution in [-0.4, -0.2) is 16.7 Å². The summed E-state index contributed by atoms with van der Waals surface area (Å²) in [7, 11) is 3.42. The zero-order chi connectivity index (χ0) is 15.1. The lowest BCUT2D eigenvalue weighted by Gasteiger charge is -2.12. The summed E-state index contributed by atoms with van der Waals surface area (Å²) in [5.41, 5.74) is 3.07. The number of fused-ring (bicyclic) bond motifs is 1. The number of methoxy groups -OCH3 is 1. The highest BCUT2D eigenvalue weighted by Crippen LogP contribution is 2.39. The van der Waals surface area contributed by atoms with Gasteiger partial charge in [-0.25, -0.2) is 9.37 Å². The second-order valence-electron chi connectivity index (χ2n) is 4.87. The average molecular weight is 305 g/mol. The first kappa shape index (κ1) is 13.9. The molecule has 3 rings (SSSR count). The molecule has 0 radical (unpaired) electrons. The summed E-state index contributed by atoms with van der Waals surface area (Å²) in [6.45, 7) is 1.94. The smallest absolute Gasteiger partial charge is 0.136 e. The fourth-order valence-electron chi connectivity index (χ4n) is 2.75. The Morgan fingerprint density at radius 2 is 2.10 bits per heavy atom. The van der Waals surface area contributed by atoms with Gasteiger partial charge in [-0.2, -0.15) is 0 Å². The fourth-order valence-corrected chi connectivity index (χ4v) is 2.90. The molecule has 1 aromatic carbocycles. The van der Waals surface area contributed by atoms with Crippen LogP contribution < -0.4 is 4.74 Å². The van der Waals surface area contributed by atoms with Gasteiger partial charge in [-0.1, -0.05) is 17.7 Å². The summed E-state index contributed by atoms with van der Waals surface area (Å²) in [5, 5.41) is 1.36. The molecule has 0 bridgehead atoms. The number of nitrogens with zero attached hydrogens (tertiary/aromatic N) is 2. The monoisotopic (exact) mass is 304 g/mol. The van der Waals surface area contributed by atoms with E-state index >= 15 is 0 Å². The number of pyridine rings is 1. The topological polar surface area (TPSA) is 27.1 Å². The molecule has 21 heavy (non-hydrogen) atoms. The Morgan fingerprint density at radius 1 is 1.33 bits per heavy atom. The molecule has 0 atom stereocenters. The molecular weight excluding hydrogens is 291 g/mol. The molecule has 0 amide bonds. The second kappa shape index (κ2) is 5.04. The lowest BCUT2D eigenvalue weighted by molar-refractivity contribution is 0.413. The quantitative estimate of drug-likeness (QED) is 0.658. The van der Waals surface area contributed by atoms with Crippen molar-refractivity contribution in [2.24, 2.45) is 7.05 Å². The molecule has 0 N–H and O–H groups in total. The van der Waals surface area contributed by atoms with E-state index in [1.54, 1.807) is 24.4 Å². The Balaban J connectivity index is 2.41. The van der Waals surface area contributed by atoms with Crippen LogP contribution in [0.15, 0.2) is 30.5 Å². The molecule has 0 saturated carbocycles. The number of rotatable bonds is 2. The number of hydrogen-bond acceptors (Lipinski definition) is 2. The molecule has 3 aromatic rings. The summed E-state index contributed by atoms with van der Waals surface area (Å²) >= 11 is 5.96. The zero-order valence-electron chi connectivity index (χ0n) is 11.9. The fraction of sp³-hybridized carbons (Fsp3) is 0.188. The predicted octanol–water partition coefficient (Wildman–Crippen LogP) is 4.35. The third kappa shape index (κ3) is 2.07. The third-order valence-electron chi connectivity index (χ3n) is 3.74. The lowest BCUT2D eigenvalue weighted by Crippen LogP contribution is -1.98. The third-order valence-corrected chi connectivity index (χ3v) is 3.94. The minimum atomic E-state index is -0.317. The van der Waals surface area contributed by atoms with Crippen molar-refractivity contribution >= 4 is 22.5 Å². The van der Waals surface area contributed by atoms with Crippen LogP contribution in [0.5, 0.6) is 5.75 Å². The first-order valence-electron chi connectivity index (χ1n) is 6.48. The molecule has 108 valence electrons. The van der Waals surface area contributed by atoms with E-state index in [2.05, 4.69) is 4.98 Å². The van der Waals surface area contributed by atoms with Crippen molar-refractivity contribution in [3.05, 3.63) is 47.0 Å². The van der Waals surface area contributed by atoms with Gasteiger partial charge in [0, 0.05) is 18.6 Å². The first-order valence-corrected chi connectivity index (χ1v) is 6.85. The normalized spacial score (nSPS) is 11.1. The van der Waals surface area contributed by atoms with Crippen LogP contribution >= 0.6 is 11.6 Å². The van der Waals surface area contributed by atoms with Gasteiger partial charge in [-0.15, -0.1) is 0 Å². The molecule has 2 aromatic heterocycles. The standard InChI is InChI=1S/C16H14ClFN2O/c1-9-10-8-19-14(17)7-12(10)20(2)16(9)15-11(18)5-4-6-13(15)21-3/h4-8H,1-3H3. The van der Waals surface area contributed by atoms with E-state index in [-0.39, 0.29) is 5.82 Å². The van der Waals surface area contributed by atoms with Crippen LogP contribution in [0, 0.1) is 12.7 Å². The Hall–Kier alpha value is -2.07. The number of benzene rings is 1. The Labute approximate surface area is 126 Å². The van der Waals surface area contributed by atoms with Crippen molar-refractivity contribution in [3.63, 3.8) is 0 Å².